The van der Waals surface area contributed by atoms with Crippen molar-refractivity contribution in [2.75, 3.05) is 5.32 Å². The smallest absolute Gasteiger partial charge is 0.250 e. The molecule has 1 amide bonds. The van der Waals surface area contributed by atoms with Crippen LogP contribution in [0.1, 0.15) is 10.6 Å². The molecule has 0 bridgehead atoms. The molecule has 92 valence electrons. The first kappa shape index (κ1) is 12.7. The number of alkyl halides is 1. The molecule has 1 aromatic heterocycles. The molecule has 0 saturated heterocycles. The molecule has 4 nitrogen and oxygen atoms in total. The zero-order chi connectivity index (χ0) is 12.8. The van der Waals surface area contributed by atoms with Gasteiger partial charge < -0.3 is 0 Å². The van der Waals surface area contributed by atoms with Crippen molar-refractivity contribution in [3.05, 3.63) is 47.0 Å². The SMILES string of the molecule is O=C(/C=C/c1ccccc1)Nc1nnc(CCl)s1. The lowest BCUT2D eigenvalue weighted by molar-refractivity contribution is -0.111. The summed E-state index contributed by atoms with van der Waals surface area (Å²) in [5.41, 5.74) is 0.964. The maximum absolute atomic E-state index is 11.6. The molecular formula is C12H10ClN3OS. The normalized spacial score (nSPS) is 10.7. The Morgan fingerprint density at radius 3 is 2.78 bits per heavy atom. The molecule has 0 fully saturated rings. The van der Waals surface area contributed by atoms with Crippen LogP contribution in [-0.4, -0.2) is 16.1 Å². The van der Waals surface area contributed by atoms with Crippen molar-refractivity contribution < 1.29 is 4.79 Å². The van der Waals surface area contributed by atoms with Crippen LogP contribution in [-0.2, 0) is 10.7 Å². The molecule has 2 rings (SSSR count). The van der Waals surface area contributed by atoms with Crippen molar-refractivity contribution in [3.63, 3.8) is 0 Å². The number of nitrogens with zero attached hydrogens (tertiary/aromatic N) is 2. The molecule has 0 radical (unpaired) electrons. The zero-order valence-electron chi connectivity index (χ0n) is 9.34. The van der Waals surface area contributed by atoms with E-state index in [1.165, 1.54) is 17.4 Å². The standard InChI is InChI=1S/C12H10ClN3OS/c13-8-11-15-16-12(18-11)14-10(17)7-6-9-4-2-1-3-5-9/h1-7H,8H2,(H,14,16,17)/b7-6+. The van der Waals surface area contributed by atoms with Gasteiger partial charge in [-0.05, 0) is 11.6 Å². The van der Waals surface area contributed by atoms with Crippen molar-refractivity contribution in [2.24, 2.45) is 0 Å². The number of amides is 1. The average molecular weight is 280 g/mol. The van der Waals surface area contributed by atoms with Crippen LogP contribution < -0.4 is 5.32 Å². The van der Waals surface area contributed by atoms with Gasteiger partial charge in [0, 0.05) is 6.08 Å². The Morgan fingerprint density at radius 2 is 2.11 bits per heavy atom. The summed E-state index contributed by atoms with van der Waals surface area (Å²) < 4.78 is 0. The van der Waals surface area contributed by atoms with E-state index in [0.717, 1.165) is 5.56 Å². The molecule has 1 aromatic carbocycles. The molecule has 0 aliphatic carbocycles. The molecule has 0 aliphatic heterocycles. The van der Waals surface area contributed by atoms with Gasteiger partial charge >= 0.3 is 0 Å². The van der Waals surface area contributed by atoms with Crippen LogP contribution >= 0.6 is 22.9 Å². The van der Waals surface area contributed by atoms with Gasteiger partial charge in [0.05, 0.1) is 5.88 Å². The second-order valence-corrected chi connectivity index (χ2v) is 4.70. The van der Waals surface area contributed by atoms with Crippen LogP contribution in [0.15, 0.2) is 36.4 Å². The number of carbonyl (C=O) groups is 1. The number of halogens is 1. The minimum atomic E-state index is -0.240. The first-order chi connectivity index (χ1) is 8.78. The Balaban J connectivity index is 1.94. The quantitative estimate of drug-likeness (QED) is 0.691. The molecule has 0 unspecified atom stereocenters. The van der Waals surface area contributed by atoms with E-state index in [0.29, 0.717) is 16.0 Å². The van der Waals surface area contributed by atoms with Gasteiger partial charge in [0.15, 0.2) is 0 Å². The van der Waals surface area contributed by atoms with E-state index in [9.17, 15) is 4.79 Å². The van der Waals surface area contributed by atoms with Gasteiger partial charge in [-0.1, -0.05) is 41.7 Å². The Kier molecular flexibility index (Phi) is 4.44. The molecule has 6 heteroatoms. The average Bonchev–Trinajstić information content (AvgIpc) is 2.85. The Bertz CT molecular complexity index is 553. The van der Waals surface area contributed by atoms with E-state index in [2.05, 4.69) is 15.5 Å². The van der Waals surface area contributed by atoms with Gasteiger partial charge in [-0.25, -0.2) is 0 Å². The molecule has 18 heavy (non-hydrogen) atoms. The van der Waals surface area contributed by atoms with Crippen molar-refractivity contribution in [1.29, 1.82) is 0 Å². The molecule has 0 atom stereocenters. The molecular weight excluding hydrogens is 270 g/mol. The van der Waals surface area contributed by atoms with Crippen molar-refractivity contribution in [1.82, 2.24) is 10.2 Å². The van der Waals surface area contributed by atoms with Gasteiger partial charge in [0.1, 0.15) is 5.01 Å². The third-order valence-electron chi connectivity index (χ3n) is 2.04. The molecule has 0 spiro atoms. The Hall–Kier alpha value is -1.72. The first-order valence-corrected chi connectivity index (χ1v) is 6.55. The van der Waals surface area contributed by atoms with Crippen molar-refractivity contribution >= 4 is 40.1 Å². The second-order valence-electron chi connectivity index (χ2n) is 3.37. The molecule has 0 aliphatic rings. The summed E-state index contributed by atoms with van der Waals surface area (Å²) >= 11 is 6.86. The third-order valence-corrected chi connectivity index (χ3v) is 3.29. The summed E-state index contributed by atoms with van der Waals surface area (Å²) in [6.07, 6.45) is 3.19. The molecule has 1 heterocycles. The van der Waals surface area contributed by atoms with E-state index in [1.54, 1.807) is 6.08 Å². The maximum Gasteiger partial charge on any atom is 0.250 e. The van der Waals surface area contributed by atoms with Gasteiger partial charge in [-0.15, -0.1) is 21.8 Å². The molecule has 1 N–H and O–H groups in total. The number of anilines is 1. The summed E-state index contributed by atoms with van der Waals surface area (Å²) in [7, 11) is 0. The number of carbonyl (C=O) groups excluding carboxylic acids is 1. The second kappa shape index (κ2) is 6.28. The Labute approximate surface area is 113 Å². The predicted molar refractivity (Wildman–Crippen MR) is 73.6 cm³/mol. The van der Waals surface area contributed by atoms with E-state index < -0.39 is 0 Å². The van der Waals surface area contributed by atoms with E-state index in [-0.39, 0.29) is 5.91 Å². The van der Waals surface area contributed by atoms with Crippen molar-refractivity contribution in [3.8, 4) is 0 Å². The highest BCUT2D eigenvalue weighted by Gasteiger charge is 2.04. The van der Waals surface area contributed by atoms with E-state index in [1.807, 2.05) is 30.3 Å². The summed E-state index contributed by atoms with van der Waals surface area (Å²) in [5, 5.41) is 11.4. The number of rotatable bonds is 4. The summed E-state index contributed by atoms with van der Waals surface area (Å²) in [6.45, 7) is 0. The predicted octanol–water partition coefficient (Wildman–Crippen LogP) is 2.93. The summed E-state index contributed by atoms with van der Waals surface area (Å²) in [6, 6.07) is 9.58. The molecule has 2 aromatic rings. The van der Waals surface area contributed by atoms with E-state index in [4.69, 9.17) is 11.6 Å². The lowest BCUT2D eigenvalue weighted by Crippen LogP contribution is -2.07. The number of aromatic nitrogens is 2. The summed E-state index contributed by atoms with van der Waals surface area (Å²) in [4.78, 5) is 11.6. The zero-order valence-corrected chi connectivity index (χ0v) is 10.9. The monoisotopic (exact) mass is 279 g/mol. The fourth-order valence-electron chi connectivity index (χ4n) is 1.24. The van der Waals surface area contributed by atoms with Crippen LogP contribution in [0.25, 0.3) is 6.08 Å². The minimum Gasteiger partial charge on any atom is -0.297 e. The minimum absolute atomic E-state index is 0.240. The van der Waals surface area contributed by atoms with E-state index >= 15 is 0 Å². The lowest BCUT2D eigenvalue weighted by atomic mass is 10.2. The highest BCUT2D eigenvalue weighted by molar-refractivity contribution is 7.15. The first-order valence-electron chi connectivity index (χ1n) is 5.20. The van der Waals surface area contributed by atoms with Crippen LogP contribution in [0.4, 0.5) is 5.13 Å². The van der Waals surface area contributed by atoms with Crippen LogP contribution in [0.3, 0.4) is 0 Å². The Morgan fingerprint density at radius 1 is 1.33 bits per heavy atom. The fourth-order valence-corrected chi connectivity index (χ4v) is 2.05. The molecule has 0 saturated carbocycles. The maximum atomic E-state index is 11.6. The van der Waals surface area contributed by atoms with Gasteiger partial charge in [0.2, 0.25) is 11.0 Å². The number of hydrogen-bond donors (Lipinski definition) is 1. The van der Waals surface area contributed by atoms with Gasteiger partial charge in [-0.3, -0.25) is 10.1 Å². The number of benzene rings is 1. The topological polar surface area (TPSA) is 54.9 Å². The van der Waals surface area contributed by atoms with Gasteiger partial charge in [-0.2, -0.15) is 0 Å². The third kappa shape index (κ3) is 3.65. The highest BCUT2D eigenvalue weighted by atomic mass is 35.5. The summed E-state index contributed by atoms with van der Waals surface area (Å²) in [5.74, 6) is 0.0593. The fraction of sp³-hybridized carbons (Fsp3) is 0.0833. The van der Waals surface area contributed by atoms with Crippen LogP contribution in [0.2, 0.25) is 0 Å². The van der Waals surface area contributed by atoms with Crippen LogP contribution in [0.5, 0.6) is 0 Å². The van der Waals surface area contributed by atoms with Crippen LogP contribution in [0, 0.1) is 0 Å². The van der Waals surface area contributed by atoms with Gasteiger partial charge in [0.25, 0.3) is 0 Å². The lowest BCUT2D eigenvalue weighted by Gasteiger charge is -1.94. The number of hydrogen-bond acceptors (Lipinski definition) is 4. The largest absolute Gasteiger partial charge is 0.297 e. The highest BCUT2D eigenvalue weighted by Crippen LogP contribution is 2.16. The number of nitrogens with one attached hydrogen (secondary N) is 1. The van der Waals surface area contributed by atoms with Crippen molar-refractivity contribution in [2.45, 2.75) is 5.88 Å².